The third-order valence-corrected chi connectivity index (χ3v) is 3.14. The van der Waals surface area contributed by atoms with Crippen molar-refractivity contribution < 1.29 is 33.0 Å². The van der Waals surface area contributed by atoms with Gasteiger partial charge in [0, 0.05) is 0 Å². The van der Waals surface area contributed by atoms with Crippen molar-refractivity contribution >= 4 is 26.8 Å². The number of nitrogens with zero attached hydrogens (tertiary/aromatic N) is 2. The SMILES string of the molecule is O=P(O)(O)OP(=O)(O)O.O=c1[nH]cnc2[nH]cnc12. The third kappa shape index (κ3) is 5.85. The van der Waals surface area contributed by atoms with Crippen molar-refractivity contribution in [1.82, 2.24) is 19.9 Å². The van der Waals surface area contributed by atoms with E-state index in [0.29, 0.717) is 11.2 Å². The molecule has 0 fully saturated rings. The van der Waals surface area contributed by atoms with Gasteiger partial charge in [0.05, 0.1) is 12.7 Å². The minimum absolute atomic E-state index is 0.216. The Bertz CT molecular complexity index is 676. The lowest BCUT2D eigenvalue weighted by atomic mass is 10.6. The van der Waals surface area contributed by atoms with Gasteiger partial charge in [0.25, 0.3) is 5.56 Å². The number of hydrogen-bond donors (Lipinski definition) is 6. The van der Waals surface area contributed by atoms with Gasteiger partial charge in [-0.05, 0) is 0 Å². The lowest BCUT2D eigenvalue weighted by Crippen LogP contribution is -2.05. The average molecular weight is 314 g/mol. The van der Waals surface area contributed by atoms with Crippen LogP contribution in [0, 0.1) is 0 Å². The van der Waals surface area contributed by atoms with Gasteiger partial charge in [0.1, 0.15) is 0 Å². The highest BCUT2D eigenvalue weighted by atomic mass is 31.3. The van der Waals surface area contributed by atoms with E-state index in [1.165, 1.54) is 12.7 Å². The Morgan fingerprint density at radius 1 is 1.00 bits per heavy atom. The van der Waals surface area contributed by atoms with Crippen molar-refractivity contribution in [2.75, 3.05) is 0 Å². The van der Waals surface area contributed by atoms with Crippen molar-refractivity contribution in [1.29, 1.82) is 0 Å². The normalized spacial score (nSPS) is 12.0. The summed E-state index contributed by atoms with van der Waals surface area (Å²) in [6.07, 6.45) is 2.77. The predicted octanol–water partition coefficient (Wildman–Crippen LogP) is -1.17. The monoisotopic (exact) mass is 314 g/mol. The molecule has 0 bridgehead atoms. The fourth-order valence-electron chi connectivity index (χ4n) is 0.914. The van der Waals surface area contributed by atoms with Gasteiger partial charge < -0.3 is 29.5 Å². The third-order valence-electron chi connectivity index (χ3n) is 1.44. The second-order valence-electron chi connectivity index (χ2n) is 2.89. The van der Waals surface area contributed by atoms with Crippen LogP contribution in [0.2, 0.25) is 0 Å². The zero-order valence-corrected chi connectivity index (χ0v) is 10.7. The largest absolute Gasteiger partial charge is 0.478 e. The fraction of sp³-hybridized carbons (Fsp3) is 0. The molecule has 0 spiro atoms. The zero-order chi connectivity index (χ0) is 14.7. The highest BCUT2D eigenvalue weighted by Gasteiger charge is 2.27. The van der Waals surface area contributed by atoms with Gasteiger partial charge in [-0.2, -0.15) is 4.31 Å². The molecule has 19 heavy (non-hydrogen) atoms. The van der Waals surface area contributed by atoms with E-state index in [-0.39, 0.29) is 5.56 Å². The van der Waals surface area contributed by atoms with Crippen LogP contribution >= 0.6 is 15.6 Å². The fourth-order valence-corrected chi connectivity index (χ4v) is 2.02. The maximum Gasteiger partial charge on any atom is 0.478 e. The summed E-state index contributed by atoms with van der Waals surface area (Å²) in [7, 11) is -10.1. The molecule has 6 N–H and O–H groups in total. The Hall–Kier alpha value is -1.39. The van der Waals surface area contributed by atoms with Crippen LogP contribution in [0.15, 0.2) is 17.4 Å². The number of fused-ring (bicyclic) bond motifs is 1. The molecule has 0 aliphatic carbocycles. The minimum atomic E-state index is -5.05. The molecule has 0 saturated heterocycles. The molecule has 2 heterocycles. The van der Waals surface area contributed by atoms with Crippen LogP contribution in [-0.2, 0) is 13.4 Å². The Labute approximate surface area is 104 Å². The van der Waals surface area contributed by atoms with E-state index in [9.17, 15) is 13.9 Å². The number of H-pyrrole nitrogens is 2. The van der Waals surface area contributed by atoms with Crippen LogP contribution in [0.4, 0.5) is 0 Å². The molecule has 12 nitrogen and oxygen atoms in total. The molecule has 0 unspecified atom stereocenters. The molecule has 106 valence electrons. The molecule has 0 atom stereocenters. The van der Waals surface area contributed by atoms with Crippen LogP contribution in [0.3, 0.4) is 0 Å². The van der Waals surface area contributed by atoms with Gasteiger partial charge in [-0.15, -0.1) is 0 Å². The molecule has 2 rings (SSSR count). The number of imidazole rings is 1. The van der Waals surface area contributed by atoms with Crippen LogP contribution in [0.25, 0.3) is 11.2 Å². The maximum absolute atomic E-state index is 10.9. The highest BCUT2D eigenvalue weighted by molar-refractivity contribution is 7.60. The second kappa shape index (κ2) is 5.72. The summed E-state index contributed by atoms with van der Waals surface area (Å²) < 4.78 is 22.2. The van der Waals surface area contributed by atoms with Crippen molar-refractivity contribution in [2.45, 2.75) is 0 Å². The first-order valence-corrected chi connectivity index (χ1v) is 7.34. The van der Waals surface area contributed by atoms with E-state index >= 15 is 0 Å². The van der Waals surface area contributed by atoms with Gasteiger partial charge in [0.2, 0.25) is 0 Å². The van der Waals surface area contributed by atoms with Gasteiger partial charge >= 0.3 is 15.6 Å². The molecular weight excluding hydrogens is 306 g/mol. The van der Waals surface area contributed by atoms with E-state index in [2.05, 4.69) is 24.2 Å². The number of aromatic nitrogens is 4. The quantitative estimate of drug-likeness (QED) is 0.367. The summed E-state index contributed by atoms with van der Waals surface area (Å²) in [4.78, 5) is 54.6. The molecule has 0 radical (unpaired) electrons. The first-order valence-electron chi connectivity index (χ1n) is 4.28. The van der Waals surface area contributed by atoms with E-state index in [1.54, 1.807) is 0 Å². The second-order valence-corrected chi connectivity index (χ2v) is 5.51. The standard InChI is InChI=1S/C5H4N4O.H4O7P2/c10-5-3-4(7-1-6-3)8-2-9-5;1-8(2,3)7-9(4,5)6/h1-2H,(H2,6,7,8,9,10);(H2,1,2,3)(H2,4,5,6). The lowest BCUT2D eigenvalue weighted by molar-refractivity contribution is 0.225. The minimum Gasteiger partial charge on any atom is -0.329 e. The van der Waals surface area contributed by atoms with Gasteiger partial charge in [-0.3, -0.25) is 4.79 Å². The van der Waals surface area contributed by atoms with Crippen LogP contribution in [-0.4, -0.2) is 39.5 Å². The molecule has 0 aliphatic heterocycles. The number of hydrogen-bond acceptors (Lipinski definition) is 6. The van der Waals surface area contributed by atoms with E-state index in [4.69, 9.17) is 19.6 Å². The van der Waals surface area contributed by atoms with Crippen LogP contribution in [0.5, 0.6) is 0 Å². The van der Waals surface area contributed by atoms with Gasteiger partial charge in [0.15, 0.2) is 11.2 Å². The summed E-state index contributed by atoms with van der Waals surface area (Å²) in [5, 5.41) is 0. The number of phosphoric acid groups is 2. The zero-order valence-electron chi connectivity index (χ0n) is 8.87. The molecule has 14 heteroatoms. The number of rotatable bonds is 2. The van der Waals surface area contributed by atoms with Crippen molar-refractivity contribution in [3.8, 4) is 0 Å². The van der Waals surface area contributed by atoms with Crippen molar-refractivity contribution in [3.05, 3.63) is 23.0 Å². The molecular formula is C5H8N4O8P2. The Kier molecular flexibility index (Phi) is 4.71. The Balaban J connectivity index is 0.000000192. The first-order chi connectivity index (χ1) is 8.58. The first kappa shape index (κ1) is 15.7. The van der Waals surface area contributed by atoms with E-state index in [1.807, 2.05) is 0 Å². The topological polar surface area (TPSA) is 199 Å². The van der Waals surface area contributed by atoms with E-state index < -0.39 is 15.6 Å². The van der Waals surface area contributed by atoms with Crippen LogP contribution in [0.1, 0.15) is 0 Å². The van der Waals surface area contributed by atoms with Crippen LogP contribution < -0.4 is 5.56 Å². The molecule has 2 aromatic rings. The van der Waals surface area contributed by atoms with Crippen molar-refractivity contribution in [3.63, 3.8) is 0 Å². The summed E-state index contributed by atoms with van der Waals surface area (Å²) in [5.74, 6) is 0. The Morgan fingerprint density at radius 3 is 1.95 bits per heavy atom. The molecule has 0 aromatic carbocycles. The molecule has 0 amide bonds. The summed E-state index contributed by atoms with van der Waals surface area (Å²) in [5.41, 5.74) is 0.650. The Morgan fingerprint density at radius 2 is 1.53 bits per heavy atom. The summed E-state index contributed by atoms with van der Waals surface area (Å²) in [6.45, 7) is 0. The van der Waals surface area contributed by atoms with Crippen molar-refractivity contribution in [2.24, 2.45) is 0 Å². The predicted molar refractivity (Wildman–Crippen MR) is 59.7 cm³/mol. The van der Waals surface area contributed by atoms with E-state index in [0.717, 1.165) is 0 Å². The average Bonchev–Trinajstić information content (AvgIpc) is 2.61. The molecule has 0 saturated carbocycles. The maximum atomic E-state index is 10.9. The number of aromatic amines is 2. The molecule has 0 aliphatic rings. The molecule has 2 aromatic heterocycles. The van der Waals surface area contributed by atoms with Gasteiger partial charge in [-0.1, -0.05) is 0 Å². The summed E-state index contributed by atoms with van der Waals surface area (Å²) >= 11 is 0. The smallest absolute Gasteiger partial charge is 0.329 e. The lowest BCUT2D eigenvalue weighted by Gasteiger charge is -2.03. The summed E-state index contributed by atoms with van der Waals surface area (Å²) in [6, 6.07) is 0. The van der Waals surface area contributed by atoms with Gasteiger partial charge in [-0.25, -0.2) is 19.1 Å². The number of nitrogens with one attached hydrogen (secondary N) is 2. The highest BCUT2D eigenvalue weighted by Crippen LogP contribution is 2.53.